The zero-order valence-electron chi connectivity index (χ0n) is 6.04. The Kier molecular flexibility index (Phi) is 2.31. The molecule has 0 aromatic heterocycles. The lowest BCUT2D eigenvalue weighted by molar-refractivity contribution is -0.176. The maximum Gasteiger partial charge on any atom is 0.329 e. The molecule has 3 heteroatoms. The molecule has 1 aliphatic heterocycles. The van der Waals surface area contributed by atoms with Crippen LogP contribution in [0.1, 0.15) is 19.8 Å². The lowest BCUT2D eigenvalue weighted by Crippen LogP contribution is -2.23. The molecule has 0 aromatic carbocycles. The molecule has 0 atom stereocenters. The zero-order valence-corrected chi connectivity index (χ0v) is 6.04. The molecule has 1 aliphatic rings. The molecule has 0 radical (unpaired) electrons. The van der Waals surface area contributed by atoms with Crippen LogP contribution in [-0.4, -0.2) is 17.6 Å². The molecule has 0 spiro atoms. The van der Waals surface area contributed by atoms with Gasteiger partial charge in [0.05, 0.1) is 6.54 Å². The van der Waals surface area contributed by atoms with Gasteiger partial charge in [-0.2, -0.15) is 0 Å². The largest absolute Gasteiger partial charge is 0.342 e. The van der Waals surface area contributed by atoms with Gasteiger partial charge >= 0.3 is 5.97 Å². The van der Waals surface area contributed by atoms with E-state index in [0.717, 1.165) is 19.4 Å². The maximum absolute atomic E-state index is 10.4. The molecule has 1 heterocycles. The second kappa shape index (κ2) is 3.25. The quantitative estimate of drug-likeness (QED) is 0.547. The van der Waals surface area contributed by atoms with Crippen LogP contribution in [0, 0.1) is 0 Å². The van der Waals surface area contributed by atoms with Crippen LogP contribution in [0.3, 0.4) is 0 Å². The summed E-state index contributed by atoms with van der Waals surface area (Å²) in [4.78, 5) is 15.2. The monoisotopic (exact) mass is 141 g/mol. The van der Waals surface area contributed by atoms with Gasteiger partial charge in [0.1, 0.15) is 0 Å². The SMILES string of the molecule is CC(=O)ON1C=CCCC1. The molecule has 0 aliphatic carbocycles. The van der Waals surface area contributed by atoms with Crippen molar-refractivity contribution in [3.8, 4) is 0 Å². The van der Waals surface area contributed by atoms with Gasteiger partial charge in [0.2, 0.25) is 0 Å². The van der Waals surface area contributed by atoms with Gasteiger partial charge in [-0.1, -0.05) is 6.08 Å². The van der Waals surface area contributed by atoms with E-state index < -0.39 is 0 Å². The second-order valence-corrected chi connectivity index (χ2v) is 2.25. The van der Waals surface area contributed by atoms with Crippen LogP contribution >= 0.6 is 0 Å². The van der Waals surface area contributed by atoms with Crippen LogP contribution < -0.4 is 0 Å². The predicted molar refractivity (Wildman–Crippen MR) is 36.8 cm³/mol. The standard InChI is InChI=1S/C7H11NO2/c1-7(9)10-8-5-3-2-4-6-8/h3,5H,2,4,6H2,1H3. The minimum atomic E-state index is -0.258. The Balaban J connectivity index is 2.33. The Morgan fingerprint density at radius 2 is 2.50 bits per heavy atom. The lowest BCUT2D eigenvalue weighted by Gasteiger charge is -2.20. The highest BCUT2D eigenvalue weighted by molar-refractivity contribution is 5.65. The van der Waals surface area contributed by atoms with Gasteiger partial charge in [-0.25, -0.2) is 5.06 Å². The van der Waals surface area contributed by atoms with Crippen molar-refractivity contribution < 1.29 is 9.63 Å². The van der Waals surface area contributed by atoms with E-state index in [4.69, 9.17) is 4.84 Å². The first-order chi connectivity index (χ1) is 4.79. The van der Waals surface area contributed by atoms with Gasteiger partial charge in [0.15, 0.2) is 0 Å². The first-order valence-electron chi connectivity index (χ1n) is 3.41. The Bertz CT molecular complexity index is 154. The Morgan fingerprint density at radius 1 is 1.70 bits per heavy atom. The highest BCUT2D eigenvalue weighted by Crippen LogP contribution is 2.05. The molecule has 10 heavy (non-hydrogen) atoms. The predicted octanol–water partition coefficient (Wildman–Crippen LogP) is 1.07. The van der Waals surface area contributed by atoms with Crippen molar-refractivity contribution >= 4 is 5.97 Å². The Labute approximate surface area is 60.2 Å². The minimum absolute atomic E-state index is 0.258. The molecule has 0 bridgehead atoms. The van der Waals surface area contributed by atoms with Gasteiger partial charge in [-0.05, 0) is 12.8 Å². The van der Waals surface area contributed by atoms with Crippen molar-refractivity contribution in [2.24, 2.45) is 0 Å². The van der Waals surface area contributed by atoms with Gasteiger partial charge in [-0.15, -0.1) is 0 Å². The fraction of sp³-hybridized carbons (Fsp3) is 0.571. The zero-order chi connectivity index (χ0) is 7.40. The first kappa shape index (κ1) is 7.12. The molecule has 0 N–H and O–H groups in total. The molecule has 56 valence electrons. The number of nitrogens with zero attached hydrogens (tertiary/aromatic N) is 1. The van der Waals surface area contributed by atoms with E-state index in [1.807, 2.05) is 6.08 Å². The van der Waals surface area contributed by atoms with Crippen molar-refractivity contribution in [2.75, 3.05) is 6.54 Å². The molecule has 0 fully saturated rings. The third-order valence-corrected chi connectivity index (χ3v) is 1.27. The second-order valence-electron chi connectivity index (χ2n) is 2.25. The van der Waals surface area contributed by atoms with Crippen LogP contribution in [0.5, 0.6) is 0 Å². The van der Waals surface area contributed by atoms with E-state index in [-0.39, 0.29) is 5.97 Å². The molecule has 0 aromatic rings. The number of hydrogen-bond acceptors (Lipinski definition) is 3. The normalized spacial score (nSPS) is 17.1. The van der Waals surface area contributed by atoms with E-state index in [1.54, 1.807) is 11.3 Å². The van der Waals surface area contributed by atoms with Gasteiger partial charge < -0.3 is 4.84 Å². The number of carbonyl (C=O) groups is 1. The van der Waals surface area contributed by atoms with E-state index in [9.17, 15) is 4.79 Å². The fourth-order valence-electron chi connectivity index (χ4n) is 0.873. The van der Waals surface area contributed by atoms with Crippen LogP contribution in [0.2, 0.25) is 0 Å². The highest BCUT2D eigenvalue weighted by Gasteiger charge is 2.05. The molecule has 0 saturated heterocycles. The summed E-state index contributed by atoms with van der Waals surface area (Å²) >= 11 is 0. The minimum Gasteiger partial charge on any atom is -0.342 e. The molecule has 3 nitrogen and oxygen atoms in total. The molecule has 0 amide bonds. The molecule has 0 saturated carbocycles. The van der Waals surface area contributed by atoms with Crippen LogP contribution in [0.25, 0.3) is 0 Å². The van der Waals surface area contributed by atoms with Gasteiger partial charge in [-0.3, -0.25) is 4.79 Å². The van der Waals surface area contributed by atoms with Crippen molar-refractivity contribution in [1.29, 1.82) is 0 Å². The molecular weight excluding hydrogens is 130 g/mol. The number of hydrogen-bond donors (Lipinski definition) is 0. The van der Waals surface area contributed by atoms with Crippen molar-refractivity contribution in [3.05, 3.63) is 12.3 Å². The van der Waals surface area contributed by atoms with Crippen LogP contribution in [0.4, 0.5) is 0 Å². The lowest BCUT2D eigenvalue weighted by atomic mass is 10.2. The Morgan fingerprint density at radius 3 is 3.00 bits per heavy atom. The summed E-state index contributed by atoms with van der Waals surface area (Å²) in [7, 11) is 0. The third-order valence-electron chi connectivity index (χ3n) is 1.27. The highest BCUT2D eigenvalue weighted by atomic mass is 16.7. The average Bonchev–Trinajstić information content (AvgIpc) is 1.88. The van der Waals surface area contributed by atoms with E-state index >= 15 is 0 Å². The van der Waals surface area contributed by atoms with Gasteiger partial charge in [0.25, 0.3) is 0 Å². The van der Waals surface area contributed by atoms with Crippen molar-refractivity contribution in [3.63, 3.8) is 0 Å². The Hall–Kier alpha value is -0.990. The molecule has 0 unspecified atom stereocenters. The maximum atomic E-state index is 10.4. The topological polar surface area (TPSA) is 29.5 Å². The molecule has 1 rings (SSSR count). The number of rotatable bonds is 1. The smallest absolute Gasteiger partial charge is 0.329 e. The van der Waals surface area contributed by atoms with Crippen molar-refractivity contribution in [1.82, 2.24) is 5.06 Å². The van der Waals surface area contributed by atoms with Crippen LogP contribution in [-0.2, 0) is 9.63 Å². The molecular formula is C7H11NO2. The van der Waals surface area contributed by atoms with E-state index in [2.05, 4.69) is 0 Å². The van der Waals surface area contributed by atoms with E-state index in [1.165, 1.54) is 6.92 Å². The first-order valence-corrected chi connectivity index (χ1v) is 3.41. The summed E-state index contributed by atoms with van der Waals surface area (Å²) in [6.45, 7) is 2.22. The van der Waals surface area contributed by atoms with E-state index in [0.29, 0.717) is 0 Å². The summed E-state index contributed by atoms with van der Waals surface area (Å²) in [5, 5.41) is 1.56. The summed E-state index contributed by atoms with van der Waals surface area (Å²) < 4.78 is 0. The number of carbonyl (C=O) groups excluding carboxylic acids is 1. The number of hydroxylamine groups is 2. The fourth-order valence-corrected chi connectivity index (χ4v) is 0.873. The van der Waals surface area contributed by atoms with Gasteiger partial charge in [0, 0.05) is 13.1 Å². The summed E-state index contributed by atoms with van der Waals surface area (Å²) in [6.07, 6.45) is 5.93. The summed E-state index contributed by atoms with van der Waals surface area (Å²) in [5.41, 5.74) is 0. The van der Waals surface area contributed by atoms with Crippen LogP contribution in [0.15, 0.2) is 12.3 Å². The summed E-state index contributed by atoms with van der Waals surface area (Å²) in [6, 6.07) is 0. The summed E-state index contributed by atoms with van der Waals surface area (Å²) in [5.74, 6) is -0.258. The number of allylic oxidation sites excluding steroid dienone is 1. The average molecular weight is 141 g/mol. The third kappa shape index (κ3) is 2.09. The van der Waals surface area contributed by atoms with Crippen molar-refractivity contribution in [2.45, 2.75) is 19.8 Å².